The van der Waals surface area contributed by atoms with Gasteiger partial charge in [0.1, 0.15) is 11.9 Å². The van der Waals surface area contributed by atoms with E-state index in [1.54, 1.807) is 6.20 Å². The summed E-state index contributed by atoms with van der Waals surface area (Å²) in [4.78, 5) is 21.4. The zero-order valence-corrected chi connectivity index (χ0v) is 15.5. The first kappa shape index (κ1) is 17.9. The number of carbonyl (C=O) groups is 1. The van der Waals surface area contributed by atoms with E-state index in [-0.39, 0.29) is 12.0 Å². The molecule has 1 N–H and O–H groups in total. The Morgan fingerprint density at radius 2 is 1.93 bits per heavy atom. The van der Waals surface area contributed by atoms with Gasteiger partial charge < -0.3 is 15.0 Å². The maximum atomic E-state index is 12.1. The van der Waals surface area contributed by atoms with Crippen molar-refractivity contribution in [2.75, 3.05) is 43.0 Å². The smallest absolute Gasteiger partial charge is 0.253 e. The Morgan fingerprint density at radius 1 is 1.11 bits per heavy atom. The molecule has 0 saturated carbocycles. The van der Waals surface area contributed by atoms with Crippen LogP contribution in [0.3, 0.4) is 0 Å². The van der Waals surface area contributed by atoms with Crippen LogP contribution in [0.2, 0.25) is 0 Å². The van der Waals surface area contributed by atoms with Gasteiger partial charge >= 0.3 is 0 Å². The zero-order valence-electron chi connectivity index (χ0n) is 15.5. The molecule has 4 rings (SSSR count). The summed E-state index contributed by atoms with van der Waals surface area (Å²) in [6.45, 7) is 5.63. The third-order valence-corrected chi connectivity index (χ3v) is 5.18. The van der Waals surface area contributed by atoms with Gasteiger partial charge in [-0.2, -0.15) is 0 Å². The van der Waals surface area contributed by atoms with Crippen LogP contribution in [0.15, 0.2) is 48.7 Å². The van der Waals surface area contributed by atoms with Gasteiger partial charge in [0, 0.05) is 39.3 Å². The normalized spacial score (nSPS) is 20.6. The number of rotatable bonds is 5. The number of pyridine rings is 1. The van der Waals surface area contributed by atoms with Gasteiger partial charge in [-0.05, 0) is 30.5 Å². The van der Waals surface area contributed by atoms with Crippen LogP contribution >= 0.6 is 0 Å². The Labute approximate surface area is 160 Å². The Kier molecular flexibility index (Phi) is 5.65. The monoisotopic (exact) mass is 366 g/mol. The topological polar surface area (TPSA) is 57.7 Å². The molecule has 142 valence electrons. The van der Waals surface area contributed by atoms with Crippen molar-refractivity contribution in [3.05, 3.63) is 54.2 Å². The first-order valence-corrected chi connectivity index (χ1v) is 9.68. The summed E-state index contributed by atoms with van der Waals surface area (Å²) in [7, 11) is 0. The summed E-state index contributed by atoms with van der Waals surface area (Å²) >= 11 is 0. The highest BCUT2D eigenvalue weighted by Crippen LogP contribution is 2.19. The molecule has 0 bridgehead atoms. The molecule has 0 radical (unpaired) electrons. The lowest BCUT2D eigenvalue weighted by Gasteiger charge is -2.35. The van der Waals surface area contributed by atoms with E-state index in [0.717, 1.165) is 57.1 Å². The predicted molar refractivity (Wildman–Crippen MR) is 106 cm³/mol. The predicted octanol–water partition coefficient (Wildman–Crippen LogP) is 2.52. The number of carbonyl (C=O) groups excluding carboxylic acids is 1. The number of nitrogens with zero attached hydrogens (tertiary/aromatic N) is 3. The highest BCUT2D eigenvalue weighted by molar-refractivity contribution is 5.94. The van der Waals surface area contributed by atoms with E-state index in [1.807, 2.05) is 12.1 Å². The molecule has 2 saturated heterocycles. The maximum absolute atomic E-state index is 12.1. The van der Waals surface area contributed by atoms with Crippen LogP contribution in [0.25, 0.3) is 0 Å². The Bertz CT molecular complexity index is 737. The number of benzene rings is 1. The summed E-state index contributed by atoms with van der Waals surface area (Å²) in [6.07, 6.45) is 3.16. The van der Waals surface area contributed by atoms with Crippen molar-refractivity contribution in [1.82, 2.24) is 9.88 Å². The van der Waals surface area contributed by atoms with Gasteiger partial charge in [0.25, 0.3) is 5.91 Å². The Morgan fingerprint density at radius 3 is 2.59 bits per heavy atom. The van der Waals surface area contributed by atoms with E-state index in [2.05, 4.69) is 50.4 Å². The zero-order chi connectivity index (χ0) is 18.5. The van der Waals surface area contributed by atoms with E-state index in [9.17, 15) is 4.79 Å². The van der Waals surface area contributed by atoms with Gasteiger partial charge in [0.15, 0.2) is 0 Å². The van der Waals surface area contributed by atoms with E-state index >= 15 is 0 Å². The quantitative estimate of drug-likeness (QED) is 0.881. The van der Waals surface area contributed by atoms with E-state index in [0.29, 0.717) is 6.61 Å². The van der Waals surface area contributed by atoms with Crippen LogP contribution < -0.4 is 10.2 Å². The molecular formula is C21H26N4O2. The third-order valence-electron chi connectivity index (χ3n) is 5.18. The molecule has 2 aliphatic rings. The number of hydrogen-bond acceptors (Lipinski definition) is 5. The van der Waals surface area contributed by atoms with E-state index < -0.39 is 0 Å². The molecule has 2 fully saturated rings. The van der Waals surface area contributed by atoms with Crippen LogP contribution in [0.5, 0.6) is 0 Å². The number of ether oxygens (including phenoxy) is 1. The highest BCUT2D eigenvalue weighted by Gasteiger charge is 2.24. The lowest BCUT2D eigenvalue weighted by molar-refractivity contribution is -0.124. The van der Waals surface area contributed by atoms with Crippen molar-refractivity contribution in [1.29, 1.82) is 0 Å². The molecule has 27 heavy (non-hydrogen) atoms. The average molecular weight is 366 g/mol. The second-order valence-electron chi connectivity index (χ2n) is 7.14. The Balaban J connectivity index is 1.27. The number of nitrogens with one attached hydrogen (secondary N) is 1. The molecule has 2 aliphatic heterocycles. The molecule has 1 amide bonds. The van der Waals surface area contributed by atoms with Crippen molar-refractivity contribution in [3.63, 3.8) is 0 Å². The summed E-state index contributed by atoms with van der Waals surface area (Å²) in [5.74, 6) is 0.890. The first-order valence-electron chi connectivity index (χ1n) is 9.68. The molecule has 6 heteroatoms. The Hall–Kier alpha value is -2.44. The first-order chi connectivity index (χ1) is 13.3. The van der Waals surface area contributed by atoms with Crippen molar-refractivity contribution in [2.24, 2.45) is 0 Å². The second kappa shape index (κ2) is 8.50. The fourth-order valence-corrected chi connectivity index (χ4v) is 3.63. The lowest BCUT2D eigenvalue weighted by Crippen LogP contribution is -2.46. The molecule has 1 unspecified atom stereocenters. The molecule has 1 atom stereocenters. The van der Waals surface area contributed by atoms with Crippen LogP contribution in [0.4, 0.5) is 11.5 Å². The summed E-state index contributed by atoms with van der Waals surface area (Å²) in [5, 5.41) is 2.90. The van der Waals surface area contributed by atoms with Gasteiger partial charge in [-0.1, -0.05) is 30.3 Å². The van der Waals surface area contributed by atoms with Crippen molar-refractivity contribution in [2.45, 2.75) is 25.5 Å². The van der Waals surface area contributed by atoms with Crippen molar-refractivity contribution >= 4 is 17.4 Å². The number of aromatic nitrogens is 1. The summed E-state index contributed by atoms with van der Waals surface area (Å²) < 4.78 is 5.41. The van der Waals surface area contributed by atoms with Gasteiger partial charge in [0.2, 0.25) is 0 Å². The fourth-order valence-electron chi connectivity index (χ4n) is 3.63. The third kappa shape index (κ3) is 4.64. The molecule has 0 aliphatic carbocycles. The maximum Gasteiger partial charge on any atom is 0.253 e. The van der Waals surface area contributed by atoms with Gasteiger partial charge in [-0.25, -0.2) is 4.98 Å². The minimum atomic E-state index is -0.317. The molecular weight excluding hydrogens is 340 g/mol. The molecule has 2 aromatic rings. The van der Waals surface area contributed by atoms with Crippen molar-refractivity contribution in [3.8, 4) is 0 Å². The average Bonchev–Trinajstić information content (AvgIpc) is 3.25. The standard InChI is InChI=1S/C21H26N4O2/c26-21(19-7-4-14-27-19)23-18-8-9-20(22-15-18)25-12-10-24(11-13-25)16-17-5-2-1-3-6-17/h1-3,5-6,8-9,15,19H,4,7,10-14,16H2,(H,23,26). The van der Waals surface area contributed by atoms with Crippen LogP contribution in [0, 0.1) is 0 Å². The van der Waals surface area contributed by atoms with Crippen LogP contribution in [-0.4, -0.2) is 54.7 Å². The number of piperazine rings is 1. The van der Waals surface area contributed by atoms with E-state index in [4.69, 9.17) is 4.74 Å². The van der Waals surface area contributed by atoms with Crippen LogP contribution in [-0.2, 0) is 16.1 Å². The molecule has 3 heterocycles. The number of anilines is 2. The number of hydrogen-bond donors (Lipinski definition) is 1. The lowest BCUT2D eigenvalue weighted by atomic mass is 10.2. The van der Waals surface area contributed by atoms with Gasteiger partial charge in [-0.15, -0.1) is 0 Å². The van der Waals surface area contributed by atoms with Gasteiger partial charge in [-0.3, -0.25) is 9.69 Å². The molecule has 6 nitrogen and oxygen atoms in total. The van der Waals surface area contributed by atoms with Crippen molar-refractivity contribution < 1.29 is 9.53 Å². The fraction of sp³-hybridized carbons (Fsp3) is 0.429. The minimum Gasteiger partial charge on any atom is -0.368 e. The molecule has 1 aromatic heterocycles. The number of amides is 1. The minimum absolute atomic E-state index is 0.0726. The van der Waals surface area contributed by atoms with Gasteiger partial charge in [0.05, 0.1) is 11.9 Å². The molecule has 1 aromatic carbocycles. The highest BCUT2D eigenvalue weighted by atomic mass is 16.5. The van der Waals surface area contributed by atoms with E-state index in [1.165, 1.54) is 5.56 Å². The second-order valence-corrected chi connectivity index (χ2v) is 7.14. The summed E-state index contributed by atoms with van der Waals surface area (Å²) in [6, 6.07) is 14.5. The summed E-state index contributed by atoms with van der Waals surface area (Å²) in [5.41, 5.74) is 2.08. The van der Waals surface area contributed by atoms with Crippen LogP contribution in [0.1, 0.15) is 18.4 Å². The molecule has 0 spiro atoms. The SMILES string of the molecule is O=C(Nc1ccc(N2CCN(Cc3ccccc3)CC2)nc1)C1CCCO1. The largest absolute Gasteiger partial charge is 0.368 e.